The van der Waals surface area contributed by atoms with E-state index in [0.29, 0.717) is 23.8 Å². The fourth-order valence-corrected chi connectivity index (χ4v) is 3.16. The van der Waals surface area contributed by atoms with E-state index in [0.717, 1.165) is 20.8 Å². The fraction of sp³-hybridized carbons (Fsp3) is 0.231. The highest BCUT2D eigenvalue weighted by atomic mass is 79.9. The number of benzene rings is 1. The zero-order chi connectivity index (χ0) is 13.4. The lowest BCUT2D eigenvalue weighted by molar-refractivity contribution is 0.102. The summed E-state index contributed by atoms with van der Waals surface area (Å²) in [7, 11) is 0. The zero-order valence-corrected chi connectivity index (χ0v) is 12.5. The molecule has 0 atom stereocenters. The van der Waals surface area contributed by atoms with Gasteiger partial charge in [0.1, 0.15) is 18.2 Å². The normalized spacial score (nSPS) is 13.4. The topological polar surface area (TPSA) is 48.4 Å². The largest absolute Gasteiger partial charge is 0.486 e. The molecule has 0 unspecified atom stereocenters. The first-order valence-corrected chi connectivity index (χ1v) is 7.32. The van der Waals surface area contributed by atoms with E-state index in [9.17, 15) is 4.79 Å². The summed E-state index contributed by atoms with van der Waals surface area (Å²) >= 11 is 4.85. The van der Waals surface area contributed by atoms with Crippen molar-refractivity contribution < 1.29 is 14.3 Å². The van der Waals surface area contributed by atoms with Gasteiger partial charge in [0.25, 0.3) is 0 Å². The van der Waals surface area contributed by atoms with Gasteiger partial charge in [-0.25, -0.2) is 4.98 Å². The van der Waals surface area contributed by atoms with Gasteiger partial charge in [-0.05, 0) is 28.1 Å². The molecule has 98 valence electrons. The van der Waals surface area contributed by atoms with Crippen molar-refractivity contribution in [1.29, 1.82) is 0 Å². The van der Waals surface area contributed by atoms with Crippen LogP contribution in [-0.4, -0.2) is 24.0 Å². The molecule has 0 fully saturated rings. The Labute approximate surface area is 122 Å². The van der Waals surface area contributed by atoms with E-state index < -0.39 is 0 Å². The van der Waals surface area contributed by atoms with Gasteiger partial charge in [0, 0.05) is 18.7 Å². The molecule has 0 radical (unpaired) electrons. The van der Waals surface area contributed by atoms with Gasteiger partial charge in [-0.3, -0.25) is 4.79 Å². The van der Waals surface area contributed by atoms with Crippen molar-refractivity contribution in [3.8, 4) is 22.1 Å². The number of ether oxygens (including phenoxy) is 2. The van der Waals surface area contributed by atoms with Gasteiger partial charge < -0.3 is 9.47 Å². The third-order valence-electron chi connectivity index (χ3n) is 2.70. The highest BCUT2D eigenvalue weighted by molar-refractivity contribution is 9.10. The molecule has 6 heteroatoms. The minimum Gasteiger partial charge on any atom is -0.486 e. The number of carbonyl (C=O) groups excluding carboxylic acids is 1. The number of fused-ring (bicyclic) bond motifs is 1. The third kappa shape index (κ3) is 2.37. The minimum absolute atomic E-state index is 0.0281. The molecule has 0 saturated carbocycles. The second-order valence-corrected chi connectivity index (χ2v) is 5.95. The number of Topliss-reactive ketones (excluding diaryl/α,β-unsaturated/α-hetero) is 1. The van der Waals surface area contributed by atoms with Crippen LogP contribution in [0.1, 0.15) is 16.6 Å². The van der Waals surface area contributed by atoms with E-state index in [-0.39, 0.29) is 5.78 Å². The Bertz CT molecular complexity index is 653. The number of thiazole rings is 1. The molecule has 4 nitrogen and oxygen atoms in total. The Hall–Kier alpha value is -1.40. The summed E-state index contributed by atoms with van der Waals surface area (Å²) in [6, 6.07) is 3.82. The van der Waals surface area contributed by atoms with Crippen molar-refractivity contribution in [2.75, 3.05) is 13.2 Å². The van der Waals surface area contributed by atoms with Crippen LogP contribution in [0.2, 0.25) is 0 Å². The highest BCUT2D eigenvalue weighted by Gasteiger charge is 2.18. The monoisotopic (exact) mass is 339 g/mol. The van der Waals surface area contributed by atoms with E-state index in [1.165, 1.54) is 18.3 Å². The minimum atomic E-state index is 0.0281. The smallest absolute Gasteiger partial charge is 0.175 e. The van der Waals surface area contributed by atoms with Crippen LogP contribution in [0.4, 0.5) is 0 Å². The third-order valence-corrected chi connectivity index (χ3v) is 4.43. The number of rotatable bonds is 2. The summed E-state index contributed by atoms with van der Waals surface area (Å²) in [5.41, 5.74) is 0.911. The molecule has 19 heavy (non-hydrogen) atoms. The second-order valence-electron chi connectivity index (χ2n) is 4.07. The number of aromatic nitrogens is 1. The molecule has 1 aromatic carbocycles. The van der Waals surface area contributed by atoms with Gasteiger partial charge >= 0.3 is 0 Å². The first kappa shape index (κ1) is 12.6. The summed E-state index contributed by atoms with van der Waals surface area (Å²) in [5.74, 6) is 1.45. The van der Waals surface area contributed by atoms with Crippen molar-refractivity contribution in [2.45, 2.75) is 6.92 Å². The Morgan fingerprint density at radius 2 is 2.16 bits per heavy atom. The summed E-state index contributed by atoms with van der Waals surface area (Å²) in [6.45, 7) is 2.63. The van der Waals surface area contributed by atoms with Crippen LogP contribution < -0.4 is 9.47 Å². The van der Waals surface area contributed by atoms with Gasteiger partial charge in [0.2, 0.25) is 0 Å². The Morgan fingerprint density at radius 3 is 2.89 bits per heavy atom. The van der Waals surface area contributed by atoms with Gasteiger partial charge in [0.15, 0.2) is 17.3 Å². The highest BCUT2D eigenvalue weighted by Crippen LogP contribution is 2.41. The lowest BCUT2D eigenvalue weighted by atomic mass is 10.2. The molecular weight excluding hydrogens is 330 g/mol. The lowest BCUT2D eigenvalue weighted by Crippen LogP contribution is -2.15. The Morgan fingerprint density at radius 1 is 1.37 bits per heavy atom. The molecule has 2 heterocycles. The van der Waals surface area contributed by atoms with Crippen LogP contribution in [0.15, 0.2) is 22.8 Å². The SMILES string of the molecule is CC(=O)c1cnc(-c2cc(Br)c3c(c2)OCCO3)s1. The first-order valence-electron chi connectivity index (χ1n) is 5.71. The molecule has 0 saturated heterocycles. The maximum absolute atomic E-state index is 11.3. The quantitative estimate of drug-likeness (QED) is 0.785. The molecule has 2 aromatic rings. The molecule has 0 N–H and O–H groups in total. The molecule has 0 aliphatic carbocycles. The first-order chi connectivity index (χ1) is 9.15. The molecule has 0 amide bonds. The van der Waals surface area contributed by atoms with Crippen LogP contribution in [-0.2, 0) is 0 Å². The van der Waals surface area contributed by atoms with E-state index in [1.54, 1.807) is 6.20 Å². The van der Waals surface area contributed by atoms with Crippen molar-refractivity contribution in [3.63, 3.8) is 0 Å². The van der Waals surface area contributed by atoms with Gasteiger partial charge in [-0.1, -0.05) is 0 Å². The number of ketones is 1. The standard InChI is InChI=1S/C13H10BrNO3S/c1-7(16)11-6-15-13(19-11)8-4-9(14)12-10(5-8)17-2-3-18-12/h4-6H,2-3H2,1H3. The van der Waals surface area contributed by atoms with Gasteiger partial charge in [0.05, 0.1) is 9.35 Å². The van der Waals surface area contributed by atoms with Crippen molar-refractivity contribution >= 4 is 33.0 Å². The Kier molecular flexibility index (Phi) is 3.28. The fourth-order valence-electron chi connectivity index (χ4n) is 1.80. The van der Waals surface area contributed by atoms with Crippen molar-refractivity contribution in [1.82, 2.24) is 4.98 Å². The van der Waals surface area contributed by atoms with Crippen LogP contribution in [0, 0.1) is 0 Å². The summed E-state index contributed by atoms with van der Waals surface area (Å²) in [6.07, 6.45) is 1.60. The average Bonchev–Trinajstić information content (AvgIpc) is 2.88. The van der Waals surface area contributed by atoms with E-state index >= 15 is 0 Å². The number of hydrogen-bond acceptors (Lipinski definition) is 5. The van der Waals surface area contributed by atoms with Crippen molar-refractivity contribution in [3.05, 3.63) is 27.7 Å². The van der Waals surface area contributed by atoms with E-state index in [2.05, 4.69) is 20.9 Å². The lowest BCUT2D eigenvalue weighted by Gasteiger charge is -2.20. The van der Waals surface area contributed by atoms with Crippen LogP contribution in [0.5, 0.6) is 11.5 Å². The summed E-state index contributed by atoms with van der Waals surface area (Å²) in [4.78, 5) is 16.2. The maximum atomic E-state index is 11.3. The van der Waals surface area contributed by atoms with Crippen molar-refractivity contribution in [2.24, 2.45) is 0 Å². The van der Waals surface area contributed by atoms with E-state index in [4.69, 9.17) is 9.47 Å². The van der Waals surface area contributed by atoms with Crippen LogP contribution in [0.25, 0.3) is 10.6 Å². The molecule has 1 aliphatic heterocycles. The molecule has 0 bridgehead atoms. The predicted octanol–water partition coefficient (Wildman–Crippen LogP) is 3.55. The van der Waals surface area contributed by atoms with Crippen LogP contribution >= 0.6 is 27.3 Å². The number of halogens is 1. The number of hydrogen-bond donors (Lipinski definition) is 0. The van der Waals surface area contributed by atoms with Gasteiger partial charge in [-0.2, -0.15) is 0 Å². The summed E-state index contributed by atoms with van der Waals surface area (Å²) < 4.78 is 12.0. The van der Waals surface area contributed by atoms with Gasteiger partial charge in [-0.15, -0.1) is 11.3 Å². The maximum Gasteiger partial charge on any atom is 0.175 e. The zero-order valence-electron chi connectivity index (χ0n) is 10.1. The number of nitrogens with zero attached hydrogens (tertiary/aromatic N) is 1. The molecule has 1 aromatic heterocycles. The number of carbonyl (C=O) groups is 1. The Balaban J connectivity index is 2.05. The molecular formula is C13H10BrNO3S. The summed E-state index contributed by atoms with van der Waals surface area (Å²) in [5, 5.41) is 0.794. The molecule has 0 spiro atoms. The van der Waals surface area contributed by atoms with Crippen LogP contribution in [0.3, 0.4) is 0 Å². The molecule has 1 aliphatic rings. The van der Waals surface area contributed by atoms with E-state index in [1.807, 2.05) is 12.1 Å². The predicted molar refractivity (Wildman–Crippen MR) is 76.2 cm³/mol. The average molecular weight is 340 g/mol. The second kappa shape index (κ2) is 4.94. The molecule has 3 rings (SSSR count).